The third kappa shape index (κ3) is 3.70. The lowest BCUT2D eigenvalue weighted by Crippen LogP contribution is -2.16. The zero-order valence-electron chi connectivity index (χ0n) is 11.8. The van der Waals surface area contributed by atoms with Gasteiger partial charge in [-0.25, -0.2) is 9.37 Å². The second kappa shape index (κ2) is 6.10. The lowest BCUT2D eigenvalue weighted by atomic mass is 10.2. The van der Waals surface area contributed by atoms with Crippen LogP contribution in [0.1, 0.15) is 18.4 Å². The molecule has 1 N–H and O–H groups in total. The number of pyridine rings is 1. The average molecular weight is 288 g/mol. The van der Waals surface area contributed by atoms with Crippen LogP contribution in [0.15, 0.2) is 36.5 Å². The molecule has 0 amide bonds. The Kier molecular flexibility index (Phi) is 4.01. The second-order valence-corrected chi connectivity index (χ2v) is 5.05. The SMILES string of the molecule is COc1cccc(Oc2ncc(F)cc2CNC2CC2)c1. The molecule has 1 saturated carbocycles. The minimum absolute atomic E-state index is 0.361. The van der Waals surface area contributed by atoms with Gasteiger partial charge in [-0.3, -0.25) is 0 Å². The van der Waals surface area contributed by atoms with Gasteiger partial charge in [-0.1, -0.05) is 6.07 Å². The summed E-state index contributed by atoms with van der Waals surface area (Å²) in [4.78, 5) is 4.05. The van der Waals surface area contributed by atoms with Crippen molar-refractivity contribution in [2.45, 2.75) is 25.4 Å². The lowest BCUT2D eigenvalue weighted by molar-refractivity contribution is 0.406. The van der Waals surface area contributed by atoms with Crippen LogP contribution in [0.3, 0.4) is 0 Å². The zero-order chi connectivity index (χ0) is 14.7. The van der Waals surface area contributed by atoms with E-state index >= 15 is 0 Å². The van der Waals surface area contributed by atoms with Crippen molar-refractivity contribution >= 4 is 0 Å². The Morgan fingerprint density at radius 2 is 2.10 bits per heavy atom. The van der Waals surface area contributed by atoms with Gasteiger partial charge < -0.3 is 14.8 Å². The first-order valence-corrected chi connectivity index (χ1v) is 6.94. The number of hydrogen-bond donors (Lipinski definition) is 1. The summed E-state index contributed by atoms with van der Waals surface area (Å²) in [6, 6.07) is 9.24. The molecule has 1 aromatic heterocycles. The molecule has 1 heterocycles. The van der Waals surface area contributed by atoms with Gasteiger partial charge in [0.25, 0.3) is 0 Å². The van der Waals surface area contributed by atoms with Crippen molar-refractivity contribution in [3.05, 3.63) is 47.9 Å². The van der Waals surface area contributed by atoms with Gasteiger partial charge >= 0.3 is 0 Å². The van der Waals surface area contributed by atoms with Gasteiger partial charge in [-0.05, 0) is 31.0 Å². The van der Waals surface area contributed by atoms with Crippen molar-refractivity contribution in [3.63, 3.8) is 0 Å². The maximum Gasteiger partial charge on any atom is 0.223 e. The number of hydrogen-bond acceptors (Lipinski definition) is 4. The highest BCUT2D eigenvalue weighted by Crippen LogP contribution is 2.27. The van der Waals surface area contributed by atoms with Crippen LogP contribution in [0, 0.1) is 5.82 Å². The van der Waals surface area contributed by atoms with Crippen LogP contribution < -0.4 is 14.8 Å². The van der Waals surface area contributed by atoms with Gasteiger partial charge in [0, 0.05) is 24.2 Å². The van der Waals surface area contributed by atoms with Crippen molar-refractivity contribution in [2.24, 2.45) is 0 Å². The fraction of sp³-hybridized carbons (Fsp3) is 0.312. The zero-order valence-corrected chi connectivity index (χ0v) is 11.8. The summed E-state index contributed by atoms with van der Waals surface area (Å²) in [6.45, 7) is 0.550. The molecule has 5 heteroatoms. The Hall–Kier alpha value is -2.14. The summed E-state index contributed by atoms with van der Waals surface area (Å²) >= 11 is 0. The number of nitrogens with one attached hydrogen (secondary N) is 1. The average Bonchev–Trinajstić information content (AvgIpc) is 3.32. The Balaban J connectivity index is 1.79. The van der Waals surface area contributed by atoms with Crippen LogP contribution >= 0.6 is 0 Å². The summed E-state index contributed by atoms with van der Waals surface area (Å²) in [6.07, 6.45) is 3.51. The molecule has 0 spiro atoms. The smallest absolute Gasteiger partial charge is 0.223 e. The summed E-state index contributed by atoms with van der Waals surface area (Å²) in [5.74, 6) is 1.37. The fourth-order valence-corrected chi connectivity index (χ4v) is 2.01. The Morgan fingerprint density at radius 3 is 2.86 bits per heavy atom. The Morgan fingerprint density at radius 1 is 1.29 bits per heavy atom. The van der Waals surface area contributed by atoms with E-state index in [1.165, 1.54) is 18.9 Å². The van der Waals surface area contributed by atoms with Crippen molar-refractivity contribution in [2.75, 3.05) is 7.11 Å². The second-order valence-electron chi connectivity index (χ2n) is 5.05. The van der Waals surface area contributed by atoms with Crippen LogP contribution in [0.5, 0.6) is 17.4 Å². The number of halogens is 1. The first-order chi connectivity index (χ1) is 10.2. The normalized spacial score (nSPS) is 14.0. The van der Waals surface area contributed by atoms with Crippen LogP contribution in [-0.2, 0) is 6.54 Å². The van der Waals surface area contributed by atoms with Crippen molar-refractivity contribution < 1.29 is 13.9 Å². The van der Waals surface area contributed by atoms with Gasteiger partial charge in [0.05, 0.1) is 13.3 Å². The minimum Gasteiger partial charge on any atom is -0.497 e. The minimum atomic E-state index is -0.361. The van der Waals surface area contributed by atoms with E-state index in [-0.39, 0.29) is 5.82 Å². The molecule has 0 radical (unpaired) electrons. The molecule has 0 aliphatic heterocycles. The number of nitrogens with zero attached hydrogens (tertiary/aromatic N) is 1. The number of aromatic nitrogens is 1. The molecule has 4 nitrogen and oxygen atoms in total. The number of ether oxygens (including phenoxy) is 2. The molecule has 21 heavy (non-hydrogen) atoms. The van der Waals surface area contributed by atoms with Crippen molar-refractivity contribution in [1.29, 1.82) is 0 Å². The van der Waals surface area contributed by atoms with E-state index in [9.17, 15) is 4.39 Å². The van der Waals surface area contributed by atoms with E-state index in [1.807, 2.05) is 18.2 Å². The Labute approximate surface area is 122 Å². The number of methoxy groups -OCH3 is 1. The van der Waals surface area contributed by atoms with Crippen LogP contribution in [0.25, 0.3) is 0 Å². The molecule has 0 unspecified atom stereocenters. The summed E-state index contributed by atoms with van der Waals surface area (Å²) in [7, 11) is 1.60. The number of rotatable bonds is 6. The molecule has 0 saturated heterocycles. The third-order valence-electron chi connectivity index (χ3n) is 3.31. The molecule has 1 aliphatic rings. The first-order valence-electron chi connectivity index (χ1n) is 6.94. The van der Waals surface area contributed by atoms with Crippen LogP contribution in [0.4, 0.5) is 4.39 Å². The highest BCUT2D eigenvalue weighted by molar-refractivity contribution is 5.37. The highest BCUT2D eigenvalue weighted by Gasteiger charge is 2.21. The Bertz CT molecular complexity index is 629. The number of benzene rings is 1. The molecular weight excluding hydrogens is 271 g/mol. The largest absolute Gasteiger partial charge is 0.497 e. The fourth-order valence-electron chi connectivity index (χ4n) is 2.01. The van der Waals surface area contributed by atoms with E-state index in [1.54, 1.807) is 13.2 Å². The molecule has 0 atom stereocenters. The van der Waals surface area contributed by atoms with E-state index in [0.29, 0.717) is 35.5 Å². The summed E-state index contributed by atoms with van der Waals surface area (Å²) < 4.78 is 24.3. The maximum atomic E-state index is 13.4. The van der Waals surface area contributed by atoms with Gasteiger partial charge in [0.2, 0.25) is 5.88 Å². The van der Waals surface area contributed by atoms with Gasteiger partial charge in [-0.15, -0.1) is 0 Å². The summed E-state index contributed by atoms with van der Waals surface area (Å²) in [5, 5.41) is 3.34. The lowest BCUT2D eigenvalue weighted by Gasteiger charge is -2.11. The summed E-state index contributed by atoms with van der Waals surface area (Å²) in [5.41, 5.74) is 0.713. The van der Waals surface area contributed by atoms with Gasteiger partial charge in [0.1, 0.15) is 17.3 Å². The van der Waals surface area contributed by atoms with E-state index in [0.717, 1.165) is 6.20 Å². The molecule has 110 valence electrons. The van der Waals surface area contributed by atoms with Gasteiger partial charge in [-0.2, -0.15) is 0 Å². The van der Waals surface area contributed by atoms with Crippen molar-refractivity contribution in [1.82, 2.24) is 10.3 Å². The van der Waals surface area contributed by atoms with E-state index in [2.05, 4.69) is 10.3 Å². The third-order valence-corrected chi connectivity index (χ3v) is 3.31. The topological polar surface area (TPSA) is 43.4 Å². The molecule has 0 bridgehead atoms. The first kappa shape index (κ1) is 13.8. The van der Waals surface area contributed by atoms with E-state index < -0.39 is 0 Å². The highest BCUT2D eigenvalue weighted by atomic mass is 19.1. The monoisotopic (exact) mass is 288 g/mol. The predicted octanol–water partition coefficient (Wildman–Crippen LogP) is 3.27. The van der Waals surface area contributed by atoms with Crippen LogP contribution in [0.2, 0.25) is 0 Å². The van der Waals surface area contributed by atoms with Crippen LogP contribution in [-0.4, -0.2) is 18.1 Å². The molecule has 1 fully saturated rings. The van der Waals surface area contributed by atoms with Gasteiger partial charge in [0.15, 0.2) is 0 Å². The predicted molar refractivity (Wildman–Crippen MR) is 77.1 cm³/mol. The molecule has 1 aromatic carbocycles. The maximum absolute atomic E-state index is 13.4. The molecule has 3 rings (SSSR count). The van der Waals surface area contributed by atoms with E-state index in [4.69, 9.17) is 9.47 Å². The van der Waals surface area contributed by atoms with Crippen molar-refractivity contribution in [3.8, 4) is 17.4 Å². The quantitative estimate of drug-likeness (QED) is 0.886. The molecule has 1 aliphatic carbocycles. The molecular formula is C16H17FN2O2. The molecule has 2 aromatic rings. The standard InChI is InChI=1S/C16H17FN2O2/c1-20-14-3-2-4-15(8-14)21-16-11(7-12(17)10-19-16)9-18-13-5-6-13/h2-4,7-8,10,13,18H,5-6,9H2,1H3.